The Balaban J connectivity index is 3.04. The molecule has 0 rings (SSSR count). The molecular weight excluding hydrogens is 284 g/mol. The summed E-state index contributed by atoms with van der Waals surface area (Å²) < 4.78 is 23.6. The number of rotatable bonds is 16. The van der Waals surface area contributed by atoms with E-state index < -0.39 is 11.3 Å². The van der Waals surface area contributed by atoms with Crippen molar-refractivity contribution in [3.63, 3.8) is 0 Å². The van der Waals surface area contributed by atoms with Crippen LogP contribution in [0.25, 0.3) is 0 Å². The second-order valence-corrected chi connectivity index (χ2v) is 6.33. The van der Waals surface area contributed by atoms with Crippen molar-refractivity contribution < 1.29 is 13.8 Å². The predicted octanol–water partition coefficient (Wildman–Crippen LogP) is 6.85. The molecule has 0 atom stereocenters. The van der Waals surface area contributed by atoms with Crippen LogP contribution in [0.2, 0.25) is 0 Å². The highest BCUT2D eigenvalue weighted by molar-refractivity contribution is 5.73. The van der Waals surface area contributed by atoms with Crippen molar-refractivity contribution in [3.05, 3.63) is 0 Å². The molecule has 0 aliphatic rings. The molecule has 0 saturated carbocycles. The first-order valence-corrected chi connectivity index (χ1v) is 9.33. The van der Waals surface area contributed by atoms with Gasteiger partial charge in [-0.25, -0.2) is 0 Å². The third kappa shape index (κ3) is 15.7. The number of carbonyl (C=O) groups excluding carboxylic acids is 1. The van der Waals surface area contributed by atoms with E-state index in [9.17, 15) is 13.8 Å². The van der Waals surface area contributed by atoms with Crippen molar-refractivity contribution in [2.24, 2.45) is 0 Å². The van der Waals surface area contributed by atoms with Gasteiger partial charge in [0.05, 0.1) is 0 Å². The number of carbonyl (C=O) groups is 1. The lowest BCUT2D eigenvalue weighted by Gasteiger charge is -2.03. The van der Waals surface area contributed by atoms with Crippen LogP contribution in [0.5, 0.6) is 0 Å². The summed E-state index contributed by atoms with van der Waals surface area (Å²) in [7, 11) is 0. The van der Waals surface area contributed by atoms with Crippen molar-refractivity contribution in [2.45, 2.75) is 110 Å². The smallest absolute Gasteiger partial charge is 0.269 e. The number of hydrogen-bond acceptors (Lipinski definition) is 1. The zero-order valence-electron chi connectivity index (χ0n) is 14.4. The average molecular weight is 319 g/mol. The minimum absolute atomic E-state index is 0.0226. The fraction of sp³-hybridized carbons (Fsp3) is 0.944. The molecule has 2 nitrogen and oxygen atoms in total. The Bertz CT molecular complexity index is 247. The molecule has 0 spiro atoms. The Labute approximate surface area is 135 Å². The maximum absolute atomic E-state index is 11.8. The van der Waals surface area contributed by atoms with Gasteiger partial charge in [0, 0.05) is 6.42 Å². The highest BCUT2D eigenvalue weighted by Crippen LogP contribution is 2.14. The molecule has 0 aromatic carbocycles. The maximum atomic E-state index is 11.8. The van der Waals surface area contributed by atoms with Crippen molar-refractivity contribution in [3.8, 4) is 0 Å². The molecule has 0 heterocycles. The summed E-state index contributed by atoms with van der Waals surface area (Å²) >= 11 is 0. The molecule has 0 bridgehead atoms. The van der Waals surface area contributed by atoms with E-state index in [1.165, 1.54) is 77.0 Å². The summed E-state index contributed by atoms with van der Waals surface area (Å²) in [5.41, 5.74) is 0. The summed E-state index contributed by atoms with van der Waals surface area (Å²) in [4.78, 5) is 10.7. The first kappa shape index (κ1) is 21.3. The normalized spacial score (nSPS) is 10.9. The zero-order chi connectivity index (χ0) is 16.5. The van der Waals surface area contributed by atoms with Gasteiger partial charge in [-0.2, -0.15) is 0 Å². The lowest BCUT2D eigenvalue weighted by molar-refractivity contribution is -0.187. The van der Waals surface area contributed by atoms with Crippen molar-refractivity contribution in [1.29, 1.82) is 0 Å². The van der Waals surface area contributed by atoms with Gasteiger partial charge in [-0.15, -0.1) is 0 Å². The van der Waals surface area contributed by atoms with Crippen LogP contribution < -0.4 is 0 Å². The van der Waals surface area contributed by atoms with E-state index in [0.29, 0.717) is 6.42 Å². The summed E-state index contributed by atoms with van der Waals surface area (Å²) in [6, 6.07) is 0. The van der Waals surface area contributed by atoms with Gasteiger partial charge in [-0.1, -0.05) is 106 Å². The summed E-state index contributed by atoms with van der Waals surface area (Å²) in [5, 5.41) is -1.30. The molecule has 0 fully saturated rings. The summed E-state index contributed by atoms with van der Waals surface area (Å²) in [5.74, 6) is -1.06. The molecule has 0 unspecified atom stereocenters. The van der Waals surface area contributed by atoms with Crippen LogP contribution >= 0.6 is 0 Å². The predicted molar refractivity (Wildman–Crippen MR) is 88.6 cm³/mol. The fourth-order valence-electron chi connectivity index (χ4n) is 2.73. The van der Waals surface area contributed by atoms with Gasteiger partial charge in [0.2, 0.25) is 0 Å². The van der Waals surface area contributed by atoms with Gasteiger partial charge in [0.15, 0.2) is 0 Å². The molecular formula is C18H35F2NO. The lowest BCUT2D eigenvalue weighted by Crippen LogP contribution is -2.12. The van der Waals surface area contributed by atoms with E-state index in [0.717, 1.165) is 12.8 Å². The third-order valence-corrected chi connectivity index (χ3v) is 4.18. The minimum Gasteiger partial charge on any atom is -0.269 e. The third-order valence-electron chi connectivity index (χ3n) is 4.18. The Kier molecular flexibility index (Phi) is 16.2. The van der Waals surface area contributed by atoms with Crippen LogP contribution in [0.3, 0.4) is 0 Å². The summed E-state index contributed by atoms with van der Waals surface area (Å²) in [6.07, 6.45) is 18.5. The van der Waals surface area contributed by atoms with Gasteiger partial charge in [-0.3, -0.25) is 4.79 Å². The fourth-order valence-corrected chi connectivity index (χ4v) is 2.73. The molecule has 0 radical (unpaired) electrons. The summed E-state index contributed by atoms with van der Waals surface area (Å²) in [6.45, 7) is 2.25. The van der Waals surface area contributed by atoms with E-state index in [1.807, 2.05) is 0 Å². The average Bonchev–Trinajstić information content (AvgIpc) is 2.50. The highest BCUT2D eigenvalue weighted by atomic mass is 19.4. The minimum atomic E-state index is -1.30. The van der Waals surface area contributed by atoms with Crippen molar-refractivity contribution >= 4 is 5.91 Å². The SMILES string of the molecule is CCCCCCCCCCCCCCCCCC(=O)N(F)F. The van der Waals surface area contributed by atoms with E-state index in [1.54, 1.807) is 0 Å². The second-order valence-electron chi connectivity index (χ2n) is 6.33. The molecule has 22 heavy (non-hydrogen) atoms. The first-order valence-electron chi connectivity index (χ1n) is 9.33. The first-order chi connectivity index (χ1) is 10.7. The molecule has 0 aliphatic carbocycles. The Morgan fingerprint density at radius 3 is 1.27 bits per heavy atom. The molecule has 132 valence electrons. The van der Waals surface area contributed by atoms with E-state index >= 15 is 0 Å². The topological polar surface area (TPSA) is 20.3 Å². The molecule has 0 N–H and O–H groups in total. The number of unbranched alkanes of at least 4 members (excludes halogenated alkanes) is 14. The molecule has 0 aliphatic heterocycles. The van der Waals surface area contributed by atoms with Crippen LogP contribution in [-0.2, 0) is 4.79 Å². The maximum Gasteiger partial charge on any atom is 0.283 e. The van der Waals surface area contributed by atoms with Gasteiger partial charge in [0.25, 0.3) is 5.91 Å². The van der Waals surface area contributed by atoms with Gasteiger partial charge in [-0.05, 0) is 11.8 Å². The zero-order valence-corrected chi connectivity index (χ0v) is 14.4. The van der Waals surface area contributed by atoms with Crippen molar-refractivity contribution in [1.82, 2.24) is 5.34 Å². The standard InChI is InChI=1S/C18H35F2NO/c1-2-3-4-5-6-7-8-9-10-11-12-13-14-15-16-17-18(22)21(19)20/h2-17H2,1H3. The number of hydrogen-bond donors (Lipinski definition) is 0. The Morgan fingerprint density at radius 1 is 0.636 bits per heavy atom. The van der Waals surface area contributed by atoms with Gasteiger partial charge >= 0.3 is 0 Å². The largest absolute Gasteiger partial charge is 0.283 e. The van der Waals surface area contributed by atoms with Gasteiger partial charge < -0.3 is 0 Å². The van der Waals surface area contributed by atoms with Crippen molar-refractivity contribution in [2.75, 3.05) is 0 Å². The Morgan fingerprint density at radius 2 is 0.955 bits per heavy atom. The van der Waals surface area contributed by atoms with Crippen LogP contribution in [0.1, 0.15) is 110 Å². The molecule has 1 amide bonds. The van der Waals surface area contributed by atoms with Crippen LogP contribution in [0, 0.1) is 0 Å². The number of nitrogens with zero attached hydrogens (tertiary/aromatic N) is 1. The number of halogens is 2. The highest BCUT2D eigenvalue weighted by Gasteiger charge is 2.09. The van der Waals surface area contributed by atoms with Gasteiger partial charge in [0.1, 0.15) is 0 Å². The van der Waals surface area contributed by atoms with Crippen LogP contribution in [0.4, 0.5) is 8.96 Å². The van der Waals surface area contributed by atoms with Crippen LogP contribution in [-0.4, -0.2) is 11.3 Å². The van der Waals surface area contributed by atoms with E-state index in [2.05, 4.69) is 6.92 Å². The molecule has 0 aromatic rings. The molecule has 4 heteroatoms. The second kappa shape index (κ2) is 16.7. The Hall–Kier alpha value is -0.670. The quantitative estimate of drug-likeness (QED) is 0.225. The van der Waals surface area contributed by atoms with Crippen LogP contribution in [0.15, 0.2) is 0 Å². The van der Waals surface area contributed by atoms with E-state index in [4.69, 9.17) is 0 Å². The number of amides is 1. The monoisotopic (exact) mass is 319 g/mol. The van der Waals surface area contributed by atoms with E-state index in [-0.39, 0.29) is 6.42 Å². The lowest BCUT2D eigenvalue weighted by atomic mass is 10.0. The molecule has 0 saturated heterocycles. The molecule has 0 aromatic heterocycles.